The van der Waals surface area contributed by atoms with Crippen LogP contribution in [0.5, 0.6) is 0 Å². The van der Waals surface area contributed by atoms with Crippen LogP contribution in [0.15, 0.2) is 0 Å². The van der Waals surface area contributed by atoms with Crippen LogP contribution in [0.2, 0.25) is 0 Å². The average Bonchev–Trinajstić information content (AvgIpc) is 2.51. The Morgan fingerprint density at radius 1 is 1.35 bits per heavy atom. The number of ether oxygens (including phenoxy) is 1. The first-order valence-electron chi connectivity index (χ1n) is 6.34. The van der Waals surface area contributed by atoms with Crippen LogP contribution >= 0.6 is 0 Å². The van der Waals surface area contributed by atoms with Gasteiger partial charge < -0.3 is 9.84 Å². The minimum Gasteiger partial charge on any atom is -0.460 e. The van der Waals surface area contributed by atoms with Crippen molar-refractivity contribution in [2.45, 2.75) is 57.9 Å². The van der Waals surface area contributed by atoms with Gasteiger partial charge in [-0.15, -0.1) is 0 Å². The third-order valence-electron chi connectivity index (χ3n) is 3.84. The first-order valence-corrected chi connectivity index (χ1v) is 6.34. The summed E-state index contributed by atoms with van der Waals surface area (Å²) in [6.07, 6.45) is -0.266. The Bertz CT molecular complexity index is 310. The molecule has 0 saturated heterocycles. The molecule has 98 valence electrons. The maximum absolute atomic E-state index is 13.9. The molecule has 2 fully saturated rings. The number of halogens is 1. The number of aliphatic hydroxyl groups excluding tert-OH is 1. The molecule has 0 aromatic rings. The van der Waals surface area contributed by atoms with Crippen molar-refractivity contribution in [3.8, 4) is 0 Å². The Labute approximate surface area is 101 Å². The van der Waals surface area contributed by atoms with E-state index in [1.165, 1.54) is 0 Å². The van der Waals surface area contributed by atoms with Crippen LogP contribution in [-0.2, 0) is 9.53 Å². The smallest absolute Gasteiger partial charge is 0.310 e. The highest BCUT2D eigenvalue weighted by Gasteiger charge is 2.52. The molecule has 0 spiro atoms. The lowest BCUT2D eigenvalue weighted by Gasteiger charge is -2.35. The Hall–Kier alpha value is -0.640. The van der Waals surface area contributed by atoms with Gasteiger partial charge in [0.25, 0.3) is 0 Å². The molecule has 17 heavy (non-hydrogen) atoms. The van der Waals surface area contributed by atoms with Crippen LogP contribution in [0.4, 0.5) is 4.39 Å². The summed E-state index contributed by atoms with van der Waals surface area (Å²) in [6.45, 7) is 5.45. The highest BCUT2D eigenvalue weighted by Crippen LogP contribution is 2.48. The van der Waals surface area contributed by atoms with Crippen LogP contribution < -0.4 is 0 Å². The van der Waals surface area contributed by atoms with E-state index >= 15 is 0 Å². The molecule has 2 saturated carbocycles. The van der Waals surface area contributed by atoms with Crippen LogP contribution in [0.1, 0.15) is 40.0 Å². The van der Waals surface area contributed by atoms with E-state index < -0.39 is 17.9 Å². The number of esters is 1. The lowest BCUT2D eigenvalue weighted by atomic mass is 9.76. The fourth-order valence-electron chi connectivity index (χ4n) is 3.20. The van der Waals surface area contributed by atoms with Crippen molar-refractivity contribution >= 4 is 5.97 Å². The normalized spacial score (nSPS) is 41.4. The van der Waals surface area contributed by atoms with Crippen molar-refractivity contribution in [3.63, 3.8) is 0 Å². The highest BCUT2D eigenvalue weighted by molar-refractivity contribution is 5.74. The van der Waals surface area contributed by atoms with Crippen molar-refractivity contribution in [2.24, 2.45) is 17.8 Å². The van der Waals surface area contributed by atoms with Gasteiger partial charge in [-0.1, -0.05) is 0 Å². The van der Waals surface area contributed by atoms with E-state index in [1.807, 2.05) is 20.8 Å². The summed E-state index contributed by atoms with van der Waals surface area (Å²) in [6, 6.07) is 0. The van der Waals surface area contributed by atoms with Gasteiger partial charge in [0.1, 0.15) is 11.8 Å². The number of aliphatic hydroxyl groups is 1. The van der Waals surface area contributed by atoms with Gasteiger partial charge in [-0.3, -0.25) is 4.79 Å². The third-order valence-corrected chi connectivity index (χ3v) is 3.84. The topological polar surface area (TPSA) is 46.5 Å². The second-order valence-corrected chi connectivity index (χ2v) is 6.31. The third kappa shape index (κ3) is 2.46. The van der Waals surface area contributed by atoms with E-state index in [0.717, 1.165) is 6.42 Å². The molecule has 1 N–H and O–H groups in total. The maximum atomic E-state index is 13.9. The highest BCUT2D eigenvalue weighted by atomic mass is 19.1. The van der Waals surface area contributed by atoms with E-state index in [2.05, 4.69) is 0 Å². The summed E-state index contributed by atoms with van der Waals surface area (Å²) in [5.41, 5.74) is -0.529. The predicted octanol–water partition coefficient (Wildman–Crippen LogP) is 2.07. The first-order chi connectivity index (χ1) is 7.79. The Morgan fingerprint density at radius 2 is 2.00 bits per heavy atom. The molecule has 3 nitrogen and oxygen atoms in total. The zero-order chi connectivity index (χ0) is 12.8. The Morgan fingerprint density at radius 3 is 2.59 bits per heavy atom. The lowest BCUT2D eigenvalue weighted by molar-refractivity contribution is -0.167. The summed E-state index contributed by atoms with van der Waals surface area (Å²) >= 11 is 0. The average molecular weight is 244 g/mol. The molecule has 2 rings (SSSR count). The van der Waals surface area contributed by atoms with Gasteiger partial charge in [0.05, 0.1) is 12.0 Å². The molecular weight excluding hydrogens is 223 g/mol. The zero-order valence-corrected chi connectivity index (χ0v) is 10.6. The fraction of sp³-hybridized carbons (Fsp3) is 0.923. The van der Waals surface area contributed by atoms with Gasteiger partial charge in [0.2, 0.25) is 0 Å². The monoisotopic (exact) mass is 244 g/mol. The number of carbonyl (C=O) groups excluding carboxylic acids is 1. The zero-order valence-electron chi connectivity index (χ0n) is 10.6. The number of carbonyl (C=O) groups is 1. The Balaban J connectivity index is 2.10. The molecule has 2 unspecified atom stereocenters. The standard InChI is InChI=1S/C13H21FO3/c1-13(2,3)17-12(16)10-7-4-5-8(10)11(14)9(15)6-7/h7-11,15H,4-6H2,1-3H3/t7-,8+,9?,10?,11-/m1/s1. The van der Waals surface area contributed by atoms with Crippen molar-refractivity contribution in [3.05, 3.63) is 0 Å². The molecular formula is C13H21FO3. The van der Waals surface area contributed by atoms with E-state index in [9.17, 15) is 14.3 Å². The van der Waals surface area contributed by atoms with E-state index in [-0.39, 0.29) is 23.7 Å². The van der Waals surface area contributed by atoms with E-state index in [0.29, 0.717) is 12.8 Å². The van der Waals surface area contributed by atoms with E-state index in [4.69, 9.17) is 4.74 Å². The number of rotatable bonds is 1. The molecule has 0 heterocycles. The second-order valence-electron chi connectivity index (χ2n) is 6.31. The van der Waals surface area contributed by atoms with Crippen molar-refractivity contribution < 1.29 is 19.0 Å². The minimum absolute atomic E-state index is 0.0943. The summed E-state index contributed by atoms with van der Waals surface area (Å²) in [4.78, 5) is 12.1. The maximum Gasteiger partial charge on any atom is 0.310 e. The van der Waals surface area contributed by atoms with Gasteiger partial charge in [-0.25, -0.2) is 4.39 Å². The summed E-state index contributed by atoms with van der Waals surface area (Å²) in [7, 11) is 0. The largest absolute Gasteiger partial charge is 0.460 e. The van der Waals surface area contributed by atoms with Gasteiger partial charge in [-0.2, -0.15) is 0 Å². The van der Waals surface area contributed by atoms with E-state index in [1.54, 1.807) is 0 Å². The number of alkyl halides is 1. The molecule has 0 amide bonds. The molecule has 4 heteroatoms. The molecule has 0 aliphatic heterocycles. The number of hydrogen-bond donors (Lipinski definition) is 1. The summed E-state index contributed by atoms with van der Waals surface area (Å²) in [5.74, 6) is -0.900. The van der Waals surface area contributed by atoms with Crippen LogP contribution in [-0.4, -0.2) is 29.0 Å². The predicted molar refractivity (Wildman–Crippen MR) is 61.1 cm³/mol. The molecule has 2 aliphatic carbocycles. The van der Waals surface area contributed by atoms with Crippen molar-refractivity contribution in [2.75, 3.05) is 0 Å². The summed E-state index contributed by atoms with van der Waals surface area (Å²) in [5, 5.41) is 9.56. The molecule has 2 bridgehead atoms. The molecule has 5 atom stereocenters. The van der Waals surface area contributed by atoms with Crippen molar-refractivity contribution in [1.29, 1.82) is 0 Å². The SMILES string of the molecule is CC(C)(C)OC(=O)C1[C@@H]2CC[C@@H]1[C@@H](F)C(O)C2. The van der Waals surface area contributed by atoms with Gasteiger partial charge in [0.15, 0.2) is 0 Å². The molecule has 0 aromatic heterocycles. The Kier molecular flexibility index (Phi) is 3.19. The fourth-order valence-corrected chi connectivity index (χ4v) is 3.20. The summed E-state index contributed by atoms with van der Waals surface area (Å²) < 4.78 is 19.2. The molecule has 0 aromatic carbocycles. The van der Waals surface area contributed by atoms with Gasteiger partial charge in [0, 0.05) is 5.92 Å². The molecule has 2 aliphatic rings. The second kappa shape index (κ2) is 4.23. The van der Waals surface area contributed by atoms with Crippen molar-refractivity contribution in [1.82, 2.24) is 0 Å². The first kappa shape index (κ1) is 12.8. The minimum atomic E-state index is -1.27. The number of hydrogen-bond acceptors (Lipinski definition) is 3. The van der Waals surface area contributed by atoms with Gasteiger partial charge >= 0.3 is 5.97 Å². The van der Waals surface area contributed by atoms with Crippen LogP contribution in [0, 0.1) is 17.8 Å². The number of fused-ring (bicyclic) bond motifs is 2. The van der Waals surface area contributed by atoms with Crippen LogP contribution in [0.25, 0.3) is 0 Å². The lowest BCUT2D eigenvalue weighted by Crippen LogP contribution is -2.44. The molecule has 0 radical (unpaired) electrons. The van der Waals surface area contributed by atoms with Crippen LogP contribution in [0.3, 0.4) is 0 Å². The van der Waals surface area contributed by atoms with Gasteiger partial charge in [-0.05, 0) is 46.0 Å². The quantitative estimate of drug-likeness (QED) is 0.718.